The van der Waals surface area contributed by atoms with E-state index in [1.54, 1.807) is 11.3 Å². The van der Waals surface area contributed by atoms with E-state index in [9.17, 15) is 4.79 Å². The van der Waals surface area contributed by atoms with Crippen LogP contribution in [-0.2, 0) is 17.8 Å². The molecule has 5 heteroatoms. The van der Waals surface area contributed by atoms with Gasteiger partial charge in [-0.3, -0.25) is 9.69 Å². The summed E-state index contributed by atoms with van der Waals surface area (Å²) in [5.74, 6) is -0.717. The second-order valence-corrected chi connectivity index (χ2v) is 7.55. The van der Waals surface area contributed by atoms with E-state index in [1.807, 2.05) is 12.1 Å². The van der Waals surface area contributed by atoms with Crippen molar-refractivity contribution in [3.63, 3.8) is 0 Å². The van der Waals surface area contributed by atoms with Gasteiger partial charge in [-0.25, -0.2) is 0 Å². The molecule has 1 N–H and O–H groups in total. The molecule has 0 saturated carbocycles. The quantitative estimate of drug-likeness (QED) is 0.596. The molecule has 2 aromatic rings. The smallest absolute Gasteiger partial charge is 0.303 e. The summed E-state index contributed by atoms with van der Waals surface area (Å²) in [4.78, 5) is 14.5. The highest BCUT2D eigenvalue weighted by Crippen LogP contribution is 2.18. The van der Waals surface area contributed by atoms with E-state index < -0.39 is 5.97 Å². The minimum atomic E-state index is -0.717. The van der Waals surface area contributed by atoms with Gasteiger partial charge in [0.1, 0.15) is 0 Å². The molecule has 0 saturated heterocycles. The molecule has 0 amide bonds. The van der Waals surface area contributed by atoms with Gasteiger partial charge in [-0.1, -0.05) is 29.8 Å². The van der Waals surface area contributed by atoms with E-state index in [-0.39, 0.29) is 6.42 Å². The molecule has 0 radical (unpaired) electrons. The first kappa shape index (κ1) is 19.0. The highest BCUT2D eigenvalue weighted by Gasteiger charge is 2.15. The minimum Gasteiger partial charge on any atom is -0.481 e. The zero-order chi connectivity index (χ0) is 17.4. The molecule has 1 aromatic heterocycles. The van der Waals surface area contributed by atoms with E-state index in [1.165, 1.54) is 10.4 Å². The highest BCUT2D eigenvalue weighted by atomic mass is 35.5. The van der Waals surface area contributed by atoms with Crippen LogP contribution in [0.1, 0.15) is 36.6 Å². The molecule has 3 nitrogen and oxygen atoms in total. The van der Waals surface area contributed by atoms with Crippen LogP contribution in [0.15, 0.2) is 41.8 Å². The van der Waals surface area contributed by atoms with Gasteiger partial charge in [0.05, 0.1) is 0 Å². The Balaban J connectivity index is 1.96. The predicted molar refractivity (Wildman–Crippen MR) is 101 cm³/mol. The number of unbranched alkanes of at least 4 members (excludes halogenated alkanes) is 1. The van der Waals surface area contributed by atoms with Crippen molar-refractivity contribution in [2.75, 3.05) is 6.54 Å². The van der Waals surface area contributed by atoms with Crippen LogP contribution >= 0.6 is 22.9 Å². The third-order valence-electron chi connectivity index (χ3n) is 4.08. The number of nitrogens with zero attached hydrogens (tertiary/aromatic N) is 1. The Hall–Kier alpha value is -1.36. The number of thiophene rings is 1. The molecule has 0 aliphatic heterocycles. The summed E-state index contributed by atoms with van der Waals surface area (Å²) < 4.78 is 0. The summed E-state index contributed by atoms with van der Waals surface area (Å²) in [6.45, 7) is 4.01. The van der Waals surface area contributed by atoms with E-state index in [0.29, 0.717) is 6.04 Å². The van der Waals surface area contributed by atoms with Gasteiger partial charge in [-0.2, -0.15) is 0 Å². The zero-order valence-corrected chi connectivity index (χ0v) is 15.5. The van der Waals surface area contributed by atoms with Crippen LogP contribution in [0.3, 0.4) is 0 Å². The van der Waals surface area contributed by atoms with Crippen LogP contribution in [0.4, 0.5) is 0 Å². The summed E-state index contributed by atoms with van der Waals surface area (Å²) in [6.07, 6.45) is 2.88. The van der Waals surface area contributed by atoms with Crippen LogP contribution in [-0.4, -0.2) is 28.6 Å². The second kappa shape index (κ2) is 9.82. The molecule has 0 aliphatic rings. The highest BCUT2D eigenvalue weighted by molar-refractivity contribution is 7.09. The summed E-state index contributed by atoms with van der Waals surface area (Å²) in [7, 11) is 0. The number of hydrogen-bond acceptors (Lipinski definition) is 3. The maximum atomic E-state index is 10.7. The van der Waals surface area contributed by atoms with Gasteiger partial charge in [0.25, 0.3) is 0 Å². The Morgan fingerprint density at radius 3 is 2.62 bits per heavy atom. The summed E-state index contributed by atoms with van der Waals surface area (Å²) in [6, 6.07) is 12.6. The molecular formula is C19H24ClNO2S. The van der Waals surface area contributed by atoms with E-state index >= 15 is 0 Å². The standard InChI is InChI=1S/C19H24ClNO2S/c1-15(13-18-5-4-12-24-18)21(11-3-2-6-19(22)23)14-16-7-9-17(20)10-8-16/h4-5,7-10,12,15H,2-3,6,11,13-14H2,1H3,(H,22,23). The fourth-order valence-corrected chi connectivity index (χ4v) is 3.67. The average molecular weight is 366 g/mol. The molecule has 0 fully saturated rings. The molecule has 0 spiro atoms. The van der Waals surface area contributed by atoms with Crippen molar-refractivity contribution in [3.05, 3.63) is 57.2 Å². The average Bonchev–Trinajstić information content (AvgIpc) is 3.05. The number of halogens is 1. The minimum absolute atomic E-state index is 0.244. The third-order valence-corrected chi connectivity index (χ3v) is 5.24. The third kappa shape index (κ3) is 6.63. The van der Waals surface area contributed by atoms with E-state index in [4.69, 9.17) is 16.7 Å². The molecule has 0 bridgehead atoms. The monoisotopic (exact) mass is 365 g/mol. The molecular weight excluding hydrogens is 342 g/mol. The number of carboxylic acids is 1. The fourth-order valence-electron chi connectivity index (χ4n) is 2.72. The Morgan fingerprint density at radius 1 is 1.25 bits per heavy atom. The fraction of sp³-hybridized carbons (Fsp3) is 0.421. The molecule has 1 heterocycles. The van der Waals surface area contributed by atoms with Crippen molar-refractivity contribution in [2.45, 2.75) is 45.2 Å². The van der Waals surface area contributed by atoms with E-state index in [0.717, 1.165) is 37.4 Å². The van der Waals surface area contributed by atoms with Gasteiger partial charge >= 0.3 is 5.97 Å². The second-order valence-electron chi connectivity index (χ2n) is 6.08. The van der Waals surface area contributed by atoms with Crippen molar-refractivity contribution in [2.24, 2.45) is 0 Å². The molecule has 130 valence electrons. The van der Waals surface area contributed by atoms with Gasteiger partial charge in [0, 0.05) is 28.9 Å². The van der Waals surface area contributed by atoms with Gasteiger partial charge in [-0.15, -0.1) is 11.3 Å². The number of aliphatic carboxylic acids is 1. The van der Waals surface area contributed by atoms with Crippen LogP contribution in [0.5, 0.6) is 0 Å². The van der Waals surface area contributed by atoms with Crippen LogP contribution < -0.4 is 0 Å². The van der Waals surface area contributed by atoms with Crippen LogP contribution in [0.2, 0.25) is 5.02 Å². The van der Waals surface area contributed by atoms with E-state index in [2.05, 4.69) is 41.5 Å². The number of benzene rings is 1. The van der Waals surface area contributed by atoms with Crippen molar-refractivity contribution < 1.29 is 9.90 Å². The molecule has 2 rings (SSSR count). The Bertz CT molecular complexity index is 613. The normalized spacial score (nSPS) is 12.5. The number of carboxylic acid groups (broad SMARTS) is 1. The summed E-state index contributed by atoms with van der Waals surface area (Å²) in [5.41, 5.74) is 1.23. The molecule has 24 heavy (non-hydrogen) atoms. The van der Waals surface area contributed by atoms with Gasteiger partial charge in [0.15, 0.2) is 0 Å². The van der Waals surface area contributed by atoms with Gasteiger partial charge in [0.2, 0.25) is 0 Å². The lowest BCUT2D eigenvalue weighted by Crippen LogP contribution is -2.35. The van der Waals surface area contributed by atoms with Crippen molar-refractivity contribution in [1.29, 1.82) is 0 Å². The van der Waals surface area contributed by atoms with Crippen molar-refractivity contribution in [3.8, 4) is 0 Å². The Morgan fingerprint density at radius 2 is 2.00 bits per heavy atom. The topological polar surface area (TPSA) is 40.5 Å². The number of rotatable bonds is 10. The lowest BCUT2D eigenvalue weighted by molar-refractivity contribution is -0.137. The number of carbonyl (C=O) groups is 1. The first-order valence-electron chi connectivity index (χ1n) is 8.27. The SMILES string of the molecule is CC(Cc1cccs1)N(CCCCC(=O)O)Cc1ccc(Cl)cc1. The maximum Gasteiger partial charge on any atom is 0.303 e. The van der Waals surface area contributed by atoms with Crippen molar-refractivity contribution >= 4 is 28.9 Å². The van der Waals surface area contributed by atoms with Gasteiger partial charge < -0.3 is 5.11 Å². The molecule has 0 aliphatic carbocycles. The Labute approximate surface area is 152 Å². The maximum absolute atomic E-state index is 10.7. The lowest BCUT2D eigenvalue weighted by atomic mass is 10.1. The van der Waals surface area contributed by atoms with Gasteiger partial charge in [-0.05, 0) is 61.9 Å². The van der Waals surface area contributed by atoms with Crippen LogP contribution in [0.25, 0.3) is 0 Å². The summed E-state index contributed by atoms with van der Waals surface area (Å²) >= 11 is 7.76. The zero-order valence-electron chi connectivity index (χ0n) is 14.0. The predicted octanol–water partition coefficient (Wildman–Crippen LogP) is 5.09. The number of hydrogen-bond donors (Lipinski definition) is 1. The van der Waals surface area contributed by atoms with Crippen molar-refractivity contribution in [1.82, 2.24) is 4.90 Å². The van der Waals surface area contributed by atoms with Crippen LogP contribution in [0, 0.1) is 0 Å². The first-order valence-corrected chi connectivity index (χ1v) is 9.53. The molecule has 1 aromatic carbocycles. The largest absolute Gasteiger partial charge is 0.481 e. The Kier molecular flexibility index (Phi) is 7.76. The molecule has 1 unspecified atom stereocenters. The summed E-state index contributed by atoms with van der Waals surface area (Å²) in [5, 5.41) is 11.7. The lowest BCUT2D eigenvalue weighted by Gasteiger charge is -2.29. The molecule has 1 atom stereocenters. The first-order chi connectivity index (χ1) is 11.5.